The number of nitrogens with zero attached hydrogens (tertiary/aromatic N) is 2. The maximum Gasteiger partial charge on any atom is 0.126 e. The van der Waals surface area contributed by atoms with Gasteiger partial charge in [-0.2, -0.15) is 0 Å². The van der Waals surface area contributed by atoms with Crippen molar-refractivity contribution in [1.29, 1.82) is 0 Å². The van der Waals surface area contributed by atoms with Gasteiger partial charge in [-0.05, 0) is 44.2 Å². The van der Waals surface area contributed by atoms with Crippen LogP contribution in [0.4, 0.5) is 5.82 Å². The van der Waals surface area contributed by atoms with Gasteiger partial charge in [0.25, 0.3) is 0 Å². The Kier molecular flexibility index (Phi) is 3.44. The van der Waals surface area contributed by atoms with Gasteiger partial charge in [0.1, 0.15) is 5.82 Å². The summed E-state index contributed by atoms with van der Waals surface area (Å²) in [6.07, 6.45) is 4.15. The summed E-state index contributed by atoms with van der Waals surface area (Å²) < 4.78 is 0. The van der Waals surface area contributed by atoms with Gasteiger partial charge in [-0.1, -0.05) is 11.6 Å². The van der Waals surface area contributed by atoms with E-state index in [1.165, 1.54) is 25.8 Å². The lowest BCUT2D eigenvalue weighted by molar-refractivity contribution is 0.203. The smallest absolute Gasteiger partial charge is 0.126 e. The molecule has 0 amide bonds. The van der Waals surface area contributed by atoms with Crippen LogP contribution in [0.3, 0.4) is 0 Å². The molecule has 18 heavy (non-hydrogen) atoms. The molecule has 2 unspecified atom stereocenters. The summed E-state index contributed by atoms with van der Waals surface area (Å²) in [4.78, 5) is 7.18. The summed E-state index contributed by atoms with van der Waals surface area (Å²) in [6.45, 7) is 5.10. The summed E-state index contributed by atoms with van der Waals surface area (Å²) in [6, 6.07) is 4.68. The van der Waals surface area contributed by atoms with Crippen molar-refractivity contribution in [3.05, 3.63) is 22.8 Å². The van der Waals surface area contributed by atoms with Gasteiger partial charge in [-0.3, -0.25) is 4.90 Å². The molecule has 2 atom stereocenters. The molecule has 0 aromatic carbocycles. The van der Waals surface area contributed by atoms with Crippen molar-refractivity contribution in [3.8, 4) is 0 Å². The van der Waals surface area contributed by atoms with Crippen LogP contribution >= 0.6 is 11.6 Å². The molecule has 1 aromatic rings. The average molecular weight is 266 g/mol. The molecule has 2 fully saturated rings. The summed E-state index contributed by atoms with van der Waals surface area (Å²) in [5.74, 6) is 1.85. The number of aromatic nitrogens is 1. The van der Waals surface area contributed by atoms with Crippen molar-refractivity contribution in [2.45, 2.75) is 38.8 Å². The zero-order chi connectivity index (χ0) is 12.5. The van der Waals surface area contributed by atoms with Gasteiger partial charge < -0.3 is 5.32 Å². The SMILES string of the molecule is CCNc1ccc(Cl)c(CN2CC3CCC2C3)n1. The first-order valence-electron chi connectivity index (χ1n) is 6.89. The van der Waals surface area contributed by atoms with Crippen LogP contribution in [0.5, 0.6) is 0 Å². The molecule has 1 aromatic heterocycles. The summed E-state index contributed by atoms with van der Waals surface area (Å²) in [5, 5.41) is 4.04. The Bertz CT molecular complexity index is 435. The number of anilines is 1. The second kappa shape index (κ2) is 5.06. The standard InChI is InChI=1S/C14H20ClN3/c1-2-16-14-6-5-12(15)13(17-14)9-18-8-10-3-4-11(18)7-10/h5-6,10-11H,2-4,7-9H2,1H3,(H,16,17). The Labute approximate surface area is 114 Å². The topological polar surface area (TPSA) is 28.2 Å². The lowest BCUT2D eigenvalue weighted by Crippen LogP contribution is -2.31. The van der Waals surface area contributed by atoms with Crippen LogP contribution in [0.15, 0.2) is 12.1 Å². The highest BCUT2D eigenvalue weighted by Gasteiger charge is 2.37. The molecule has 4 heteroatoms. The Balaban J connectivity index is 1.73. The molecule has 2 aliphatic rings. The molecular formula is C14H20ClN3. The zero-order valence-corrected chi connectivity index (χ0v) is 11.6. The van der Waals surface area contributed by atoms with E-state index in [0.717, 1.165) is 41.6 Å². The second-order valence-electron chi connectivity index (χ2n) is 5.42. The first kappa shape index (κ1) is 12.2. The Morgan fingerprint density at radius 1 is 1.44 bits per heavy atom. The number of rotatable bonds is 4. The number of fused-ring (bicyclic) bond motifs is 2. The Hall–Kier alpha value is -0.800. The second-order valence-corrected chi connectivity index (χ2v) is 5.82. The van der Waals surface area contributed by atoms with Crippen LogP contribution in [0.25, 0.3) is 0 Å². The molecule has 2 heterocycles. The lowest BCUT2D eigenvalue weighted by atomic mass is 10.1. The number of halogens is 1. The molecule has 1 saturated carbocycles. The van der Waals surface area contributed by atoms with E-state index in [4.69, 9.17) is 11.6 Å². The number of pyridine rings is 1. The van der Waals surface area contributed by atoms with Crippen LogP contribution in [-0.4, -0.2) is 29.0 Å². The van der Waals surface area contributed by atoms with Crippen LogP contribution in [0, 0.1) is 5.92 Å². The quantitative estimate of drug-likeness (QED) is 0.907. The van der Waals surface area contributed by atoms with E-state index in [9.17, 15) is 0 Å². The maximum atomic E-state index is 6.26. The van der Waals surface area contributed by atoms with Crippen LogP contribution in [-0.2, 0) is 6.54 Å². The van der Waals surface area contributed by atoms with Crippen molar-refractivity contribution in [3.63, 3.8) is 0 Å². The largest absolute Gasteiger partial charge is 0.370 e. The van der Waals surface area contributed by atoms with E-state index in [2.05, 4.69) is 22.1 Å². The van der Waals surface area contributed by atoms with Gasteiger partial charge in [0.05, 0.1) is 10.7 Å². The third-order valence-electron chi connectivity index (χ3n) is 4.15. The van der Waals surface area contributed by atoms with E-state index in [0.29, 0.717) is 0 Å². The van der Waals surface area contributed by atoms with Crippen LogP contribution in [0.1, 0.15) is 31.9 Å². The minimum absolute atomic E-state index is 0.774. The first-order valence-corrected chi connectivity index (χ1v) is 7.27. The predicted molar refractivity (Wildman–Crippen MR) is 74.9 cm³/mol. The van der Waals surface area contributed by atoms with Crippen molar-refractivity contribution in [2.75, 3.05) is 18.4 Å². The van der Waals surface area contributed by atoms with Crippen LogP contribution in [0.2, 0.25) is 5.02 Å². The van der Waals surface area contributed by atoms with E-state index in [-0.39, 0.29) is 0 Å². The van der Waals surface area contributed by atoms with Gasteiger partial charge in [-0.25, -0.2) is 4.98 Å². The normalized spacial score (nSPS) is 26.8. The van der Waals surface area contributed by atoms with Gasteiger partial charge in [-0.15, -0.1) is 0 Å². The molecule has 1 aliphatic heterocycles. The molecule has 0 spiro atoms. The van der Waals surface area contributed by atoms with E-state index in [1.54, 1.807) is 0 Å². The predicted octanol–water partition coefficient (Wildman–Crippen LogP) is 3.15. The minimum atomic E-state index is 0.774. The molecule has 98 valence electrons. The van der Waals surface area contributed by atoms with Gasteiger partial charge in [0.2, 0.25) is 0 Å². The number of hydrogen-bond donors (Lipinski definition) is 1. The summed E-state index contributed by atoms with van der Waals surface area (Å²) in [5.41, 5.74) is 1.02. The van der Waals surface area contributed by atoms with Crippen molar-refractivity contribution in [1.82, 2.24) is 9.88 Å². The van der Waals surface area contributed by atoms with Gasteiger partial charge >= 0.3 is 0 Å². The third kappa shape index (κ3) is 2.34. The van der Waals surface area contributed by atoms with E-state index < -0.39 is 0 Å². The highest BCUT2D eigenvalue weighted by molar-refractivity contribution is 6.31. The van der Waals surface area contributed by atoms with Crippen LogP contribution < -0.4 is 5.32 Å². The number of hydrogen-bond acceptors (Lipinski definition) is 3. The minimum Gasteiger partial charge on any atom is -0.370 e. The fourth-order valence-electron chi connectivity index (χ4n) is 3.29. The number of nitrogens with one attached hydrogen (secondary N) is 1. The molecule has 1 N–H and O–H groups in total. The summed E-state index contributed by atoms with van der Waals surface area (Å²) in [7, 11) is 0. The molecule has 3 rings (SSSR count). The molecule has 3 nitrogen and oxygen atoms in total. The molecule has 0 radical (unpaired) electrons. The fraction of sp³-hybridized carbons (Fsp3) is 0.643. The van der Waals surface area contributed by atoms with Crippen molar-refractivity contribution >= 4 is 17.4 Å². The highest BCUT2D eigenvalue weighted by atomic mass is 35.5. The molecule has 1 saturated heterocycles. The van der Waals surface area contributed by atoms with E-state index >= 15 is 0 Å². The molecule has 2 bridgehead atoms. The van der Waals surface area contributed by atoms with Crippen molar-refractivity contribution in [2.24, 2.45) is 5.92 Å². The lowest BCUT2D eigenvalue weighted by Gasteiger charge is -2.26. The third-order valence-corrected chi connectivity index (χ3v) is 4.50. The average Bonchev–Trinajstić information content (AvgIpc) is 2.96. The number of piperidine rings is 1. The maximum absolute atomic E-state index is 6.26. The highest BCUT2D eigenvalue weighted by Crippen LogP contribution is 2.38. The van der Waals surface area contributed by atoms with Gasteiger partial charge in [0, 0.05) is 25.7 Å². The monoisotopic (exact) mass is 265 g/mol. The fourth-order valence-corrected chi connectivity index (χ4v) is 3.45. The van der Waals surface area contributed by atoms with Crippen molar-refractivity contribution < 1.29 is 0 Å². The Morgan fingerprint density at radius 3 is 3.00 bits per heavy atom. The Morgan fingerprint density at radius 2 is 2.33 bits per heavy atom. The molecular weight excluding hydrogens is 246 g/mol. The first-order chi connectivity index (χ1) is 8.76. The van der Waals surface area contributed by atoms with E-state index in [1.807, 2.05) is 12.1 Å². The van der Waals surface area contributed by atoms with Gasteiger partial charge in [0.15, 0.2) is 0 Å². The zero-order valence-electron chi connectivity index (χ0n) is 10.8. The molecule has 1 aliphatic carbocycles. The number of likely N-dealkylation sites (tertiary alicyclic amines) is 1. The summed E-state index contributed by atoms with van der Waals surface area (Å²) >= 11 is 6.26.